The van der Waals surface area contributed by atoms with Crippen LogP contribution in [0, 0.1) is 16.7 Å². The molecule has 2 fully saturated rings. The first kappa shape index (κ1) is 11.4. The average molecular weight is 211 g/mol. The predicted molar refractivity (Wildman–Crippen MR) is 62.7 cm³/mol. The summed E-state index contributed by atoms with van der Waals surface area (Å²) in [7, 11) is 0. The summed E-state index contributed by atoms with van der Waals surface area (Å²) in [4.78, 5) is 0. The van der Waals surface area contributed by atoms with Gasteiger partial charge in [-0.25, -0.2) is 0 Å². The van der Waals surface area contributed by atoms with Crippen LogP contribution in [-0.4, -0.2) is 23.8 Å². The minimum Gasteiger partial charge on any atom is -0.392 e. The van der Waals surface area contributed by atoms with Crippen molar-refractivity contribution in [1.29, 1.82) is 0 Å². The van der Waals surface area contributed by atoms with Crippen molar-refractivity contribution in [3.63, 3.8) is 0 Å². The molecule has 2 aliphatic rings. The van der Waals surface area contributed by atoms with Crippen molar-refractivity contribution in [1.82, 2.24) is 5.32 Å². The van der Waals surface area contributed by atoms with Gasteiger partial charge in [-0.3, -0.25) is 0 Å². The van der Waals surface area contributed by atoms with E-state index in [1.165, 1.54) is 19.3 Å². The summed E-state index contributed by atoms with van der Waals surface area (Å²) in [6.07, 6.45) is 3.82. The van der Waals surface area contributed by atoms with Gasteiger partial charge in [-0.1, -0.05) is 20.8 Å². The van der Waals surface area contributed by atoms with Gasteiger partial charge in [-0.05, 0) is 42.9 Å². The molecule has 2 N–H and O–H groups in total. The minimum atomic E-state index is -0.226. The summed E-state index contributed by atoms with van der Waals surface area (Å²) in [5.41, 5.74) is 0.913. The van der Waals surface area contributed by atoms with E-state index in [9.17, 15) is 5.11 Å². The van der Waals surface area contributed by atoms with Gasteiger partial charge in [0.2, 0.25) is 0 Å². The second-order valence-electron chi connectivity index (χ2n) is 6.42. The van der Waals surface area contributed by atoms with Gasteiger partial charge >= 0.3 is 0 Å². The van der Waals surface area contributed by atoms with Crippen LogP contribution < -0.4 is 5.32 Å². The molecule has 0 aromatic heterocycles. The van der Waals surface area contributed by atoms with Crippen molar-refractivity contribution in [3.05, 3.63) is 0 Å². The molecule has 0 unspecified atom stereocenters. The summed E-state index contributed by atoms with van der Waals surface area (Å²) >= 11 is 0. The van der Waals surface area contributed by atoms with Crippen LogP contribution in [-0.2, 0) is 0 Å². The lowest BCUT2D eigenvalue weighted by molar-refractivity contribution is 0.109. The molecular formula is C13H25NO. The van der Waals surface area contributed by atoms with Gasteiger partial charge in [-0.2, -0.15) is 0 Å². The molecule has 0 heterocycles. The first-order valence-electron chi connectivity index (χ1n) is 6.29. The Hall–Kier alpha value is -0.0800. The Morgan fingerprint density at radius 1 is 1.40 bits per heavy atom. The van der Waals surface area contributed by atoms with Crippen LogP contribution in [0.5, 0.6) is 0 Å². The number of hydrogen-bond acceptors (Lipinski definition) is 2. The van der Waals surface area contributed by atoms with E-state index in [2.05, 4.69) is 26.1 Å². The Morgan fingerprint density at radius 3 is 2.47 bits per heavy atom. The topological polar surface area (TPSA) is 32.3 Å². The van der Waals surface area contributed by atoms with Gasteiger partial charge in [0.25, 0.3) is 0 Å². The summed E-state index contributed by atoms with van der Waals surface area (Å²) in [6, 6.07) is 0.612. The fraction of sp³-hybridized carbons (Fsp3) is 1.00. The molecule has 15 heavy (non-hydrogen) atoms. The maximum atomic E-state index is 9.33. The van der Waals surface area contributed by atoms with Crippen molar-refractivity contribution in [2.45, 2.75) is 59.1 Å². The van der Waals surface area contributed by atoms with Crippen LogP contribution >= 0.6 is 0 Å². The second kappa shape index (κ2) is 3.46. The highest BCUT2D eigenvalue weighted by Gasteiger charge is 2.60. The van der Waals surface area contributed by atoms with Crippen molar-refractivity contribution in [2.24, 2.45) is 16.7 Å². The molecule has 2 saturated carbocycles. The molecule has 2 heteroatoms. The zero-order chi connectivity index (χ0) is 11.3. The normalized spacial score (nSPS) is 44.6. The van der Waals surface area contributed by atoms with Gasteiger partial charge in [0, 0.05) is 12.6 Å². The number of aliphatic hydroxyl groups excluding tert-OH is 1. The Kier molecular flexibility index (Phi) is 2.63. The molecule has 2 aliphatic carbocycles. The monoisotopic (exact) mass is 211 g/mol. The molecule has 0 spiro atoms. The third-order valence-corrected chi connectivity index (χ3v) is 5.45. The molecule has 4 atom stereocenters. The number of aliphatic hydroxyl groups is 1. The van der Waals surface area contributed by atoms with E-state index < -0.39 is 0 Å². The molecule has 0 aromatic rings. The molecule has 2 nitrogen and oxygen atoms in total. The molecule has 0 aliphatic heterocycles. The summed E-state index contributed by atoms with van der Waals surface area (Å²) in [6.45, 7) is 9.87. The summed E-state index contributed by atoms with van der Waals surface area (Å²) < 4.78 is 0. The first-order valence-corrected chi connectivity index (χ1v) is 6.29. The average Bonchev–Trinajstić information content (AvgIpc) is 2.46. The van der Waals surface area contributed by atoms with Crippen molar-refractivity contribution in [2.75, 3.05) is 6.54 Å². The molecule has 2 rings (SSSR count). The van der Waals surface area contributed by atoms with E-state index in [-0.39, 0.29) is 6.10 Å². The summed E-state index contributed by atoms with van der Waals surface area (Å²) in [5.74, 6) is 0.883. The zero-order valence-corrected chi connectivity index (χ0v) is 10.5. The molecule has 88 valence electrons. The van der Waals surface area contributed by atoms with Gasteiger partial charge in [0.1, 0.15) is 0 Å². The number of fused-ring (bicyclic) bond motifs is 2. The zero-order valence-electron chi connectivity index (χ0n) is 10.5. The number of rotatable bonds is 3. The largest absolute Gasteiger partial charge is 0.392 e. The second-order valence-corrected chi connectivity index (χ2v) is 6.42. The highest BCUT2D eigenvalue weighted by molar-refractivity contribution is 5.12. The lowest BCUT2D eigenvalue weighted by Crippen LogP contribution is -2.46. The summed E-state index contributed by atoms with van der Waals surface area (Å²) in [5, 5.41) is 12.9. The van der Waals surface area contributed by atoms with Crippen molar-refractivity contribution >= 4 is 0 Å². The molecule has 2 bridgehead atoms. The molecule has 0 radical (unpaired) electrons. The third-order valence-electron chi connectivity index (χ3n) is 5.45. The van der Waals surface area contributed by atoms with E-state index in [0.717, 1.165) is 12.5 Å². The third kappa shape index (κ3) is 1.53. The Morgan fingerprint density at radius 2 is 2.07 bits per heavy atom. The van der Waals surface area contributed by atoms with E-state index in [1.54, 1.807) is 0 Å². The van der Waals surface area contributed by atoms with Crippen LogP contribution in [0.4, 0.5) is 0 Å². The van der Waals surface area contributed by atoms with Gasteiger partial charge in [0.15, 0.2) is 0 Å². The standard InChI is InChI=1S/C13H25NO/c1-9(15)8-14-11-7-10-5-6-13(11,4)12(10,2)3/h9-11,14-15H,5-8H2,1-4H3/t9-,10+,11+,13+/m1/s1. The van der Waals surface area contributed by atoms with Crippen molar-refractivity contribution in [3.8, 4) is 0 Å². The minimum absolute atomic E-state index is 0.226. The van der Waals surface area contributed by atoms with E-state index >= 15 is 0 Å². The number of hydrogen-bond donors (Lipinski definition) is 2. The molecular weight excluding hydrogens is 186 g/mol. The highest BCUT2D eigenvalue weighted by Crippen LogP contribution is 2.65. The van der Waals surface area contributed by atoms with Crippen molar-refractivity contribution < 1.29 is 5.11 Å². The van der Waals surface area contributed by atoms with Gasteiger partial charge in [-0.15, -0.1) is 0 Å². The number of nitrogens with one attached hydrogen (secondary N) is 1. The Labute approximate surface area is 93.5 Å². The predicted octanol–water partition coefficient (Wildman–Crippen LogP) is 2.17. The highest BCUT2D eigenvalue weighted by atomic mass is 16.3. The molecule has 0 saturated heterocycles. The van der Waals surface area contributed by atoms with Crippen LogP contribution in [0.3, 0.4) is 0 Å². The Balaban J connectivity index is 2.06. The maximum absolute atomic E-state index is 9.33. The lowest BCUT2D eigenvalue weighted by Gasteiger charge is -2.39. The fourth-order valence-corrected chi connectivity index (χ4v) is 3.83. The van der Waals surface area contributed by atoms with E-state index in [0.29, 0.717) is 16.9 Å². The fourth-order valence-electron chi connectivity index (χ4n) is 3.83. The molecule has 0 amide bonds. The van der Waals surface area contributed by atoms with Gasteiger partial charge < -0.3 is 10.4 Å². The molecule has 0 aromatic carbocycles. The van der Waals surface area contributed by atoms with Crippen LogP contribution in [0.15, 0.2) is 0 Å². The SMILES string of the molecule is C[C@@H](O)CN[C@H]1C[C@@H]2CC[C@]1(C)C2(C)C. The first-order chi connectivity index (χ1) is 6.88. The Bertz CT molecular complexity index is 249. The van der Waals surface area contributed by atoms with Crippen LogP contribution in [0.2, 0.25) is 0 Å². The van der Waals surface area contributed by atoms with Crippen LogP contribution in [0.25, 0.3) is 0 Å². The van der Waals surface area contributed by atoms with E-state index in [1.807, 2.05) is 6.92 Å². The quantitative estimate of drug-likeness (QED) is 0.750. The smallest absolute Gasteiger partial charge is 0.0636 e. The lowest BCUT2D eigenvalue weighted by atomic mass is 9.69. The maximum Gasteiger partial charge on any atom is 0.0636 e. The van der Waals surface area contributed by atoms with Crippen LogP contribution in [0.1, 0.15) is 47.0 Å². The van der Waals surface area contributed by atoms with E-state index in [4.69, 9.17) is 0 Å². The van der Waals surface area contributed by atoms with Gasteiger partial charge in [0.05, 0.1) is 6.10 Å².